The van der Waals surface area contributed by atoms with Gasteiger partial charge in [-0.25, -0.2) is 0 Å². The van der Waals surface area contributed by atoms with Crippen molar-refractivity contribution < 1.29 is 9.59 Å². The van der Waals surface area contributed by atoms with Gasteiger partial charge in [0.25, 0.3) is 0 Å². The van der Waals surface area contributed by atoms with Crippen LogP contribution in [0.1, 0.15) is 30.9 Å². The van der Waals surface area contributed by atoms with Gasteiger partial charge in [-0.05, 0) is 24.0 Å². The molecular formula is C20H21NO2. The first-order valence-corrected chi connectivity index (χ1v) is 8.01. The Bertz CT molecular complexity index is 696. The second-order valence-corrected chi connectivity index (χ2v) is 6.31. The van der Waals surface area contributed by atoms with Gasteiger partial charge in [-0.15, -0.1) is 0 Å². The number of rotatable bonds is 3. The summed E-state index contributed by atoms with van der Waals surface area (Å²) in [5, 5.41) is 0. The van der Waals surface area contributed by atoms with E-state index < -0.39 is 0 Å². The highest BCUT2D eigenvalue weighted by Crippen LogP contribution is 2.37. The zero-order valence-corrected chi connectivity index (χ0v) is 13.4. The molecule has 3 heteroatoms. The summed E-state index contributed by atoms with van der Waals surface area (Å²) in [7, 11) is 0. The summed E-state index contributed by atoms with van der Waals surface area (Å²) in [4.78, 5) is 25.4. The van der Waals surface area contributed by atoms with Crippen LogP contribution in [0.2, 0.25) is 0 Å². The van der Waals surface area contributed by atoms with Gasteiger partial charge >= 0.3 is 0 Å². The Balaban J connectivity index is 2.00. The largest absolute Gasteiger partial charge is 0.282 e. The number of benzene rings is 2. The van der Waals surface area contributed by atoms with Gasteiger partial charge in [0.1, 0.15) is 0 Å². The SMILES string of the molecule is CC(=O)N1CC(Cc2ccccc2)(c2ccccc2)CCC1=O. The quantitative estimate of drug-likeness (QED) is 0.872. The highest BCUT2D eigenvalue weighted by atomic mass is 16.2. The lowest BCUT2D eigenvalue weighted by Crippen LogP contribution is -2.51. The van der Waals surface area contributed by atoms with E-state index in [1.165, 1.54) is 23.0 Å². The Morgan fingerprint density at radius 3 is 2.26 bits per heavy atom. The number of carbonyl (C=O) groups is 2. The Labute approximate surface area is 136 Å². The van der Waals surface area contributed by atoms with Gasteiger partial charge in [0.05, 0.1) is 0 Å². The first kappa shape index (κ1) is 15.5. The summed E-state index contributed by atoms with van der Waals surface area (Å²) in [6, 6.07) is 20.6. The Morgan fingerprint density at radius 2 is 1.65 bits per heavy atom. The normalized spacial score (nSPS) is 21.3. The Morgan fingerprint density at radius 1 is 1.04 bits per heavy atom. The van der Waals surface area contributed by atoms with Crippen molar-refractivity contribution in [3.05, 3.63) is 71.8 Å². The number of hydrogen-bond donors (Lipinski definition) is 0. The van der Waals surface area contributed by atoms with Crippen LogP contribution in [0.4, 0.5) is 0 Å². The number of nitrogens with zero attached hydrogens (tertiary/aromatic N) is 1. The number of piperidine rings is 1. The lowest BCUT2D eigenvalue weighted by Gasteiger charge is -2.42. The van der Waals surface area contributed by atoms with Crippen LogP contribution < -0.4 is 0 Å². The van der Waals surface area contributed by atoms with E-state index in [-0.39, 0.29) is 17.2 Å². The van der Waals surface area contributed by atoms with Gasteiger partial charge < -0.3 is 0 Å². The van der Waals surface area contributed by atoms with Gasteiger partial charge in [0.15, 0.2) is 0 Å². The van der Waals surface area contributed by atoms with E-state index in [1.54, 1.807) is 0 Å². The summed E-state index contributed by atoms with van der Waals surface area (Å²) < 4.78 is 0. The second-order valence-electron chi connectivity index (χ2n) is 6.31. The molecule has 0 aliphatic carbocycles. The third-order valence-corrected chi connectivity index (χ3v) is 4.73. The van der Waals surface area contributed by atoms with Crippen LogP contribution in [0.25, 0.3) is 0 Å². The zero-order chi connectivity index (χ0) is 16.3. The van der Waals surface area contributed by atoms with Crippen molar-refractivity contribution in [3.8, 4) is 0 Å². The van der Waals surface area contributed by atoms with Crippen molar-refractivity contribution in [2.45, 2.75) is 31.6 Å². The maximum atomic E-state index is 12.1. The minimum Gasteiger partial charge on any atom is -0.282 e. The van der Waals surface area contributed by atoms with Crippen molar-refractivity contribution >= 4 is 11.8 Å². The molecule has 118 valence electrons. The zero-order valence-electron chi connectivity index (χ0n) is 13.4. The van der Waals surface area contributed by atoms with Crippen LogP contribution in [0.5, 0.6) is 0 Å². The maximum Gasteiger partial charge on any atom is 0.229 e. The molecular weight excluding hydrogens is 286 g/mol. The van der Waals surface area contributed by atoms with Gasteiger partial charge in [-0.2, -0.15) is 0 Å². The fraction of sp³-hybridized carbons (Fsp3) is 0.300. The number of imide groups is 1. The van der Waals surface area contributed by atoms with Gasteiger partial charge in [0, 0.05) is 25.3 Å². The van der Waals surface area contributed by atoms with Gasteiger partial charge in [-0.3, -0.25) is 14.5 Å². The smallest absolute Gasteiger partial charge is 0.229 e. The molecule has 2 aromatic carbocycles. The van der Waals surface area contributed by atoms with Crippen LogP contribution in [0.15, 0.2) is 60.7 Å². The summed E-state index contributed by atoms with van der Waals surface area (Å²) in [5.41, 5.74) is 2.22. The van der Waals surface area contributed by atoms with Crippen molar-refractivity contribution in [3.63, 3.8) is 0 Å². The fourth-order valence-electron chi connectivity index (χ4n) is 3.50. The summed E-state index contributed by atoms with van der Waals surface area (Å²) >= 11 is 0. The second kappa shape index (κ2) is 6.37. The van der Waals surface area contributed by atoms with Crippen molar-refractivity contribution in [2.75, 3.05) is 6.54 Å². The first-order valence-electron chi connectivity index (χ1n) is 8.01. The predicted molar refractivity (Wildman–Crippen MR) is 89.9 cm³/mol. The first-order chi connectivity index (χ1) is 11.1. The maximum absolute atomic E-state index is 12.1. The fourth-order valence-corrected chi connectivity index (χ4v) is 3.50. The minimum absolute atomic E-state index is 0.0582. The summed E-state index contributed by atoms with van der Waals surface area (Å²) in [6.45, 7) is 1.93. The van der Waals surface area contributed by atoms with Crippen molar-refractivity contribution in [1.82, 2.24) is 4.90 Å². The van der Waals surface area contributed by atoms with Gasteiger partial charge in [-0.1, -0.05) is 60.7 Å². The van der Waals surface area contributed by atoms with Crippen LogP contribution in [-0.2, 0) is 21.4 Å². The third-order valence-electron chi connectivity index (χ3n) is 4.73. The molecule has 1 atom stereocenters. The molecule has 0 aromatic heterocycles. The Hall–Kier alpha value is -2.42. The molecule has 3 rings (SSSR count). The molecule has 3 nitrogen and oxygen atoms in total. The molecule has 1 saturated heterocycles. The monoisotopic (exact) mass is 307 g/mol. The van der Waals surface area contributed by atoms with E-state index in [4.69, 9.17) is 0 Å². The molecule has 1 aliphatic heterocycles. The van der Waals surface area contributed by atoms with Crippen molar-refractivity contribution in [2.24, 2.45) is 0 Å². The molecule has 23 heavy (non-hydrogen) atoms. The molecule has 0 spiro atoms. The van der Waals surface area contributed by atoms with E-state index in [0.29, 0.717) is 13.0 Å². The van der Waals surface area contributed by atoms with E-state index in [1.807, 2.05) is 36.4 Å². The minimum atomic E-state index is -0.206. The van der Waals surface area contributed by atoms with E-state index in [9.17, 15) is 9.59 Å². The van der Waals surface area contributed by atoms with Crippen molar-refractivity contribution in [1.29, 1.82) is 0 Å². The number of amides is 2. The molecule has 0 saturated carbocycles. The van der Waals surface area contributed by atoms with Crippen LogP contribution in [0.3, 0.4) is 0 Å². The molecule has 1 aliphatic rings. The highest BCUT2D eigenvalue weighted by Gasteiger charge is 2.41. The van der Waals surface area contributed by atoms with Crippen LogP contribution in [-0.4, -0.2) is 23.3 Å². The molecule has 1 heterocycles. The molecule has 0 radical (unpaired) electrons. The topological polar surface area (TPSA) is 37.4 Å². The van der Waals surface area contributed by atoms with E-state index in [0.717, 1.165) is 12.8 Å². The number of hydrogen-bond acceptors (Lipinski definition) is 2. The standard InChI is InChI=1S/C20H21NO2/c1-16(22)21-15-20(13-12-19(21)23,18-10-6-3-7-11-18)14-17-8-4-2-5-9-17/h2-11H,12-15H2,1H3. The van der Waals surface area contributed by atoms with E-state index in [2.05, 4.69) is 24.3 Å². The summed E-state index contributed by atoms with van der Waals surface area (Å²) in [6.07, 6.45) is 2.02. The highest BCUT2D eigenvalue weighted by molar-refractivity contribution is 5.95. The lowest BCUT2D eigenvalue weighted by atomic mass is 9.70. The average Bonchev–Trinajstić information content (AvgIpc) is 2.58. The predicted octanol–water partition coefficient (Wildman–Crippen LogP) is 3.34. The number of likely N-dealkylation sites (tertiary alicyclic amines) is 1. The molecule has 0 N–H and O–H groups in total. The third kappa shape index (κ3) is 3.19. The lowest BCUT2D eigenvalue weighted by molar-refractivity contribution is -0.147. The molecule has 2 aromatic rings. The van der Waals surface area contributed by atoms with Gasteiger partial charge in [0.2, 0.25) is 11.8 Å². The van der Waals surface area contributed by atoms with Crippen LogP contribution in [0, 0.1) is 0 Å². The van der Waals surface area contributed by atoms with Crippen LogP contribution >= 0.6 is 0 Å². The molecule has 1 fully saturated rings. The summed E-state index contributed by atoms with van der Waals surface area (Å²) in [5.74, 6) is -0.222. The molecule has 2 amide bonds. The van der Waals surface area contributed by atoms with E-state index >= 15 is 0 Å². The molecule has 0 bridgehead atoms. The molecule has 1 unspecified atom stereocenters. The number of carbonyl (C=O) groups excluding carboxylic acids is 2. The Kier molecular flexibility index (Phi) is 4.28. The average molecular weight is 307 g/mol.